The zero-order valence-electron chi connectivity index (χ0n) is 12.5. The van der Waals surface area contributed by atoms with E-state index in [-0.39, 0.29) is 5.82 Å². The summed E-state index contributed by atoms with van der Waals surface area (Å²) in [7, 11) is 0. The standard InChI is InChI=1S/C18H18FN3/c1-12(22-10-13-4-2-3-5-14(13)11-22)8-17-16-7-6-15(19)9-18(16)21-20-17/h2-7,9,12H,8,10-11H2,1H3,(H,20,21). The number of aromatic amines is 1. The highest BCUT2D eigenvalue weighted by Gasteiger charge is 2.23. The fraction of sp³-hybridized carbons (Fsp3) is 0.278. The van der Waals surface area contributed by atoms with Crippen LogP contribution in [0.15, 0.2) is 42.5 Å². The minimum Gasteiger partial charge on any atom is -0.292 e. The van der Waals surface area contributed by atoms with E-state index in [4.69, 9.17) is 0 Å². The van der Waals surface area contributed by atoms with E-state index in [1.807, 2.05) is 6.07 Å². The summed E-state index contributed by atoms with van der Waals surface area (Å²) in [5.74, 6) is -0.242. The topological polar surface area (TPSA) is 31.9 Å². The highest BCUT2D eigenvalue weighted by Crippen LogP contribution is 2.26. The van der Waals surface area contributed by atoms with Crippen molar-refractivity contribution in [2.75, 3.05) is 0 Å². The number of benzene rings is 2. The Hall–Kier alpha value is -2.20. The fourth-order valence-electron chi connectivity index (χ4n) is 3.29. The summed E-state index contributed by atoms with van der Waals surface area (Å²) in [5.41, 5.74) is 4.63. The van der Waals surface area contributed by atoms with Gasteiger partial charge in [-0.1, -0.05) is 24.3 Å². The SMILES string of the molecule is CC(Cc1[nH]nc2cc(F)ccc12)N1Cc2ccccc2C1. The third-order valence-corrected chi connectivity index (χ3v) is 4.58. The summed E-state index contributed by atoms with van der Waals surface area (Å²) in [4.78, 5) is 2.47. The molecule has 1 unspecified atom stereocenters. The van der Waals surface area contributed by atoms with Crippen LogP contribution in [0, 0.1) is 5.82 Å². The van der Waals surface area contributed by atoms with E-state index in [2.05, 4.69) is 46.3 Å². The molecule has 3 nitrogen and oxygen atoms in total. The van der Waals surface area contributed by atoms with Gasteiger partial charge in [-0.3, -0.25) is 10.00 Å². The van der Waals surface area contributed by atoms with Crippen molar-refractivity contribution in [2.24, 2.45) is 0 Å². The molecule has 2 aromatic carbocycles. The van der Waals surface area contributed by atoms with Gasteiger partial charge in [-0.15, -0.1) is 0 Å². The van der Waals surface area contributed by atoms with Gasteiger partial charge >= 0.3 is 0 Å². The fourth-order valence-corrected chi connectivity index (χ4v) is 3.29. The van der Waals surface area contributed by atoms with Crippen LogP contribution in [0.5, 0.6) is 0 Å². The second-order valence-corrected chi connectivity index (χ2v) is 6.09. The van der Waals surface area contributed by atoms with E-state index in [0.717, 1.165) is 30.6 Å². The van der Waals surface area contributed by atoms with Crippen molar-refractivity contribution in [1.29, 1.82) is 0 Å². The lowest BCUT2D eigenvalue weighted by molar-refractivity contribution is 0.211. The normalized spacial score (nSPS) is 16.1. The maximum Gasteiger partial charge on any atom is 0.125 e. The van der Waals surface area contributed by atoms with Crippen molar-refractivity contribution in [3.05, 3.63) is 65.1 Å². The van der Waals surface area contributed by atoms with E-state index in [9.17, 15) is 4.39 Å². The number of hydrogen-bond acceptors (Lipinski definition) is 2. The van der Waals surface area contributed by atoms with Crippen LogP contribution in [0.2, 0.25) is 0 Å². The molecule has 4 rings (SSSR count). The maximum absolute atomic E-state index is 13.2. The summed E-state index contributed by atoms with van der Waals surface area (Å²) >= 11 is 0. The smallest absolute Gasteiger partial charge is 0.125 e. The Kier molecular flexibility index (Phi) is 3.19. The van der Waals surface area contributed by atoms with Gasteiger partial charge in [-0.25, -0.2) is 4.39 Å². The third-order valence-electron chi connectivity index (χ3n) is 4.58. The minimum absolute atomic E-state index is 0.242. The first-order valence-corrected chi connectivity index (χ1v) is 7.64. The quantitative estimate of drug-likeness (QED) is 0.800. The molecule has 1 aliphatic heterocycles. The molecule has 0 amide bonds. The Balaban J connectivity index is 1.54. The first-order valence-electron chi connectivity index (χ1n) is 7.64. The van der Waals surface area contributed by atoms with Gasteiger partial charge in [0.25, 0.3) is 0 Å². The average Bonchev–Trinajstić information content (AvgIpc) is 3.11. The number of nitrogens with one attached hydrogen (secondary N) is 1. The lowest BCUT2D eigenvalue weighted by atomic mass is 10.1. The van der Waals surface area contributed by atoms with Crippen LogP contribution in [0.25, 0.3) is 10.9 Å². The zero-order valence-corrected chi connectivity index (χ0v) is 12.5. The van der Waals surface area contributed by atoms with Gasteiger partial charge in [-0.05, 0) is 30.2 Å². The number of nitrogens with zero attached hydrogens (tertiary/aromatic N) is 2. The predicted molar refractivity (Wildman–Crippen MR) is 84.9 cm³/mol. The molecular weight excluding hydrogens is 277 g/mol. The Bertz CT molecular complexity index is 799. The van der Waals surface area contributed by atoms with Gasteiger partial charge in [0.15, 0.2) is 0 Å². The van der Waals surface area contributed by atoms with Gasteiger partial charge in [0.1, 0.15) is 5.82 Å². The number of aromatic nitrogens is 2. The van der Waals surface area contributed by atoms with Crippen LogP contribution >= 0.6 is 0 Å². The molecule has 0 saturated heterocycles. The summed E-state index contributed by atoms with van der Waals surface area (Å²) in [5, 5.41) is 8.31. The summed E-state index contributed by atoms with van der Waals surface area (Å²) in [6.45, 7) is 4.23. The largest absolute Gasteiger partial charge is 0.292 e. The first kappa shape index (κ1) is 13.5. The van der Waals surface area contributed by atoms with E-state index >= 15 is 0 Å². The zero-order chi connectivity index (χ0) is 15.1. The monoisotopic (exact) mass is 295 g/mol. The second kappa shape index (κ2) is 5.21. The van der Waals surface area contributed by atoms with Crippen molar-refractivity contribution in [3.63, 3.8) is 0 Å². The van der Waals surface area contributed by atoms with Crippen molar-refractivity contribution in [3.8, 4) is 0 Å². The molecule has 4 heteroatoms. The molecule has 1 aromatic heterocycles. The summed E-state index contributed by atoms with van der Waals surface area (Å²) < 4.78 is 13.2. The molecular formula is C18H18FN3. The Morgan fingerprint density at radius 3 is 2.64 bits per heavy atom. The van der Waals surface area contributed by atoms with Gasteiger partial charge in [0.05, 0.1) is 5.52 Å². The summed E-state index contributed by atoms with van der Waals surface area (Å²) in [6, 6.07) is 13.8. The molecule has 0 bridgehead atoms. The lowest BCUT2D eigenvalue weighted by Crippen LogP contribution is -2.29. The van der Waals surface area contributed by atoms with Crippen LogP contribution < -0.4 is 0 Å². The van der Waals surface area contributed by atoms with Gasteiger partial charge < -0.3 is 0 Å². The predicted octanol–water partition coefficient (Wildman–Crippen LogP) is 3.65. The molecule has 22 heavy (non-hydrogen) atoms. The van der Waals surface area contributed by atoms with Crippen LogP contribution in [-0.4, -0.2) is 21.1 Å². The number of rotatable bonds is 3. The molecule has 112 valence electrons. The van der Waals surface area contributed by atoms with Crippen LogP contribution in [-0.2, 0) is 19.5 Å². The molecule has 3 aromatic rings. The molecule has 0 saturated carbocycles. The van der Waals surface area contributed by atoms with Gasteiger partial charge in [0.2, 0.25) is 0 Å². The highest BCUT2D eigenvalue weighted by atomic mass is 19.1. The molecule has 1 aliphatic rings. The molecule has 1 N–H and O–H groups in total. The number of H-pyrrole nitrogens is 1. The van der Waals surface area contributed by atoms with E-state index in [0.29, 0.717) is 11.6 Å². The molecule has 0 spiro atoms. The van der Waals surface area contributed by atoms with E-state index < -0.39 is 0 Å². The van der Waals surface area contributed by atoms with Crippen molar-refractivity contribution in [2.45, 2.75) is 32.5 Å². The molecule has 2 heterocycles. The first-order chi connectivity index (χ1) is 10.7. The minimum atomic E-state index is -0.242. The van der Waals surface area contributed by atoms with Crippen molar-refractivity contribution in [1.82, 2.24) is 15.1 Å². The van der Waals surface area contributed by atoms with Crippen LogP contribution in [0.3, 0.4) is 0 Å². The van der Waals surface area contributed by atoms with E-state index in [1.54, 1.807) is 0 Å². The van der Waals surface area contributed by atoms with Gasteiger partial charge in [0, 0.05) is 42.7 Å². The molecule has 0 fully saturated rings. The third kappa shape index (κ3) is 2.29. The van der Waals surface area contributed by atoms with Gasteiger partial charge in [-0.2, -0.15) is 5.10 Å². The maximum atomic E-state index is 13.2. The Morgan fingerprint density at radius 2 is 1.91 bits per heavy atom. The Labute approximate surface area is 128 Å². The number of fused-ring (bicyclic) bond motifs is 2. The van der Waals surface area contributed by atoms with E-state index in [1.165, 1.54) is 23.3 Å². The van der Waals surface area contributed by atoms with Crippen molar-refractivity contribution < 1.29 is 4.39 Å². The number of hydrogen-bond donors (Lipinski definition) is 1. The summed E-state index contributed by atoms with van der Waals surface area (Å²) in [6.07, 6.45) is 0.885. The average molecular weight is 295 g/mol. The molecule has 1 atom stereocenters. The Morgan fingerprint density at radius 1 is 1.18 bits per heavy atom. The highest BCUT2D eigenvalue weighted by molar-refractivity contribution is 5.81. The van der Waals surface area contributed by atoms with Crippen LogP contribution in [0.4, 0.5) is 4.39 Å². The second-order valence-electron chi connectivity index (χ2n) is 6.09. The van der Waals surface area contributed by atoms with Crippen LogP contribution in [0.1, 0.15) is 23.7 Å². The molecule has 0 aliphatic carbocycles. The molecule has 0 radical (unpaired) electrons. The lowest BCUT2D eigenvalue weighted by Gasteiger charge is -2.23. The van der Waals surface area contributed by atoms with Crippen molar-refractivity contribution >= 4 is 10.9 Å². The number of halogens is 1.